The Bertz CT molecular complexity index is 848. The van der Waals surface area contributed by atoms with Crippen molar-refractivity contribution in [3.05, 3.63) is 48.3 Å². The van der Waals surface area contributed by atoms with Gasteiger partial charge < -0.3 is 9.47 Å². The van der Waals surface area contributed by atoms with E-state index in [1.54, 1.807) is 18.2 Å². The normalized spacial score (nSPS) is 15.1. The average Bonchev–Trinajstić information content (AvgIpc) is 3.08. The van der Waals surface area contributed by atoms with E-state index in [1.165, 1.54) is 25.3 Å². The highest BCUT2D eigenvalue weighted by atomic mass is 32.2. The summed E-state index contributed by atoms with van der Waals surface area (Å²) in [6.45, 7) is 0. The number of methoxy groups -OCH3 is 1. The van der Waals surface area contributed by atoms with Crippen LogP contribution in [-0.2, 0) is 10.0 Å². The molecular formula is C18H20FNO4S. The Morgan fingerprint density at radius 3 is 2.48 bits per heavy atom. The minimum atomic E-state index is -4.03. The summed E-state index contributed by atoms with van der Waals surface area (Å²) in [5.74, 6) is 0.204. The molecule has 2 aromatic rings. The van der Waals surface area contributed by atoms with E-state index in [2.05, 4.69) is 4.72 Å². The minimum Gasteiger partial charge on any atom is -0.493 e. The van der Waals surface area contributed by atoms with Crippen molar-refractivity contribution >= 4 is 15.7 Å². The fourth-order valence-corrected chi connectivity index (χ4v) is 4.02. The van der Waals surface area contributed by atoms with E-state index in [1.807, 2.05) is 0 Å². The van der Waals surface area contributed by atoms with Gasteiger partial charge in [0.2, 0.25) is 0 Å². The number of anilines is 1. The van der Waals surface area contributed by atoms with Gasteiger partial charge in [-0.05, 0) is 49.9 Å². The Morgan fingerprint density at radius 1 is 1.08 bits per heavy atom. The van der Waals surface area contributed by atoms with Crippen LogP contribution < -0.4 is 14.2 Å². The lowest BCUT2D eigenvalue weighted by atomic mass is 10.2. The Morgan fingerprint density at radius 2 is 1.80 bits per heavy atom. The van der Waals surface area contributed by atoms with Gasteiger partial charge in [0, 0.05) is 6.07 Å². The van der Waals surface area contributed by atoms with E-state index in [0.717, 1.165) is 31.7 Å². The highest BCUT2D eigenvalue weighted by Crippen LogP contribution is 2.34. The molecule has 0 unspecified atom stereocenters. The van der Waals surface area contributed by atoms with Crippen molar-refractivity contribution in [2.75, 3.05) is 11.8 Å². The average molecular weight is 365 g/mol. The molecule has 0 aliphatic heterocycles. The number of ether oxygens (including phenoxy) is 2. The van der Waals surface area contributed by atoms with Crippen molar-refractivity contribution < 1.29 is 22.3 Å². The van der Waals surface area contributed by atoms with Crippen molar-refractivity contribution in [1.82, 2.24) is 0 Å². The van der Waals surface area contributed by atoms with E-state index < -0.39 is 20.7 Å². The summed E-state index contributed by atoms with van der Waals surface area (Å²) in [6, 6.07) is 9.99. The quantitative estimate of drug-likeness (QED) is 0.842. The predicted octanol–water partition coefficient (Wildman–Crippen LogP) is 3.96. The van der Waals surface area contributed by atoms with Crippen molar-refractivity contribution in [3.8, 4) is 11.5 Å². The van der Waals surface area contributed by atoms with Crippen LogP contribution in [0.2, 0.25) is 0 Å². The standard InChI is InChI=1S/C18H20FNO4S/c1-23-16-11-10-13(12-17(16)24-14-6-2-3-7-14)20-25(21,22)18-9-5-4-8-15(18)19/h4-5,8-12,14,20H,2-3,6-7H2,1H3. The van der Waals surface area contributed by atoms with E-state index in [4.69, 9.17) is 9.47 Å². The summed E-state index contributed by atoms with van der Waals surface area (Å²) < 4.78 is 52.2. The van der Waals surface area contributed by atoms with Gasteiger partial charge in [-0.2, -0.15) is 0 Å². The zero-order valence-corrected chi connectivity index (χ0v) is 14.7. The number of nitrogens with one attached hydrogen (secondary N) is 1. The van der Waals surface area contributed by atoms with Crippen LogP contribution in [-0.4, -0.2) is 21.6 Å². The molecule has 3 rings (SSSR count). The van der Waals surface area contributed by atoms with Gasteiger partial charge >= 0.3 is 0 Å². The van der Waals surface area contributed by atoms with Gasteiger partial charge in [0.25, 0.3) is 10.0 Å². The maximum absolute atomic E-state index is 13.8. The van der Waals surface area contributed by atoms with Gasteiger partial charge in [0.05, 0.1) is 18.9 Å². The zero-order valence-electron chi connectivity index (χ0n) is 13.9. The first kappa shape index (κ1) is 17.5. The van der Waals surface area contributed by atoms with Crippen LogP contribution in [0.1, 0.15) is 25.7 Å². The Hall–Kier alpha value is -2.28. The molecule has 7 heteroatoms. The van der Waals surface area contributed by atoms with Crippen LogP contribution in [0.4, 0.5) is 10.1 Å². The van der Waals surface area contributed by atoms with Gasteiger partial charge in [0.1, 0.15) is 10.7 Å². The summed E-state index contributed by atoms with van der Waals surface area (Å²) in [4.78, 5) is -0.399. The summed E-state index contributed by atoms with van der Waals surface area (Å²) in [6.07, 6.45) is 4.27. The molecule has 0 amide bonds. The first-order valence-electron chi connectivity index (χ1n) is 8.11. The summed E-state index contributed by atoms with van der Waals surface area (Å²) in [5.41, 5.74) is 0.289. The molecule has 0 saturated heterocycles. The van der Waals surface area contributed by atoms with E-state index >= 15 is 0 Å². The molecule has 0 heterocycles. The first-order chi connectivity index (χ1) is 12.0. The molecule has 2 aromatic carbocycles. The lowest BCUT2D eigenvalue weighted by Gasteiger charge is -2.17. The molecule has 0 bridgehead atoms. The second kappa shape index (κ2) is 7.31. The number of rotatable bonds is 6. The van der Waals surface area contributed by atoms with Crippen LogP contribution in [0.15, 0.2) is 47.4 Å². The molecule has 1 aliphatic rings. The van der Waals surface area contributed by atoms with Crippen LogP contribution in [0.3, 0.4) is 0 Å². The van der Waals surface area contributed by atoms with Gasteiger partial charge in [-0.3, -0.25) is 4.72 Å². The second-order valence-electron chi connectivity index (χ2n) is 5.93. The third-order valence-corrected chi connectivity index (χ3v) is 5.55. The molecule has 0 atom stereocenters. The van der Waals surface area contributed by atoms with Crippen LogP contribution in [0, 0.1) is 5.82 Å². The van der Waals surface area contributed by atoms with Gasteiger partial charge in [0.15, 0.2) is 11.5 Å². The van der Waals surface area contributed by atoms with Gasteiger partial charge in [-0.25, -0.2) is 12.8 Å². The predicted molar refractivity (Wildman–Crippen MR) is 93.1 cm³/mol. The van der Waals surface area contributed by atoms with Crippen LogP contribution in [0.25, 0.3) is 0 Å². The van der Waals surface area contributed by atoms with Crippen molar-refractivity contribution in [1.29, 1.82) is 0 Å². The number of sulfonamides is 1. The SMILES string of the molecule is COc1ccc(NS(=O)(=O)c2ccccc2F)cc1OC1CCCC1. The summed E-state index contributed by atoms with van der Waals surface area (Å²) in [5, 5.41) is 0. The Kier molecular flexibility index (Phi) is 5.13. The lowest BCUT2D eigenvalue weighted by Crippen LogP contribution is -2.15. The summed E-state index contributed by atoms with van der Waals surface area (Å²) in [7, 11) is -2.50. The monoisotopic (exact) mass is 365 g/mol. The van der Waals surface area contributed by atoms with Crippen LogP contribution in [0.5, 0.6) is 11.5 Å². The molecule has 0 aromatic heterocycles. The zero-order chi connectivity index (χ0) is 17.9. The van der Waals surface area contributed by atoms with Gasteiger partial charge in [-0.15, -0.1) is 0 Å². The van der Waals surface area contributed by atoms with Gasteiger partial charge in [-0.1, -0.05) is 12.1 Å². The van der Waals surface area contributed by atoms with Crippen molar-refractivity contribution in [2.24, 2.45) is 0 Å². The third-order valence-electron chi connectivity index (χ3n) is 4.14. The van der Waals surface area contributed by atoms with Crippen molar-refractivity contribution in [3.63, 3.8) is 0 Å². The summed E-state index contributed by atoms with van der Waals surface area (Å²) >= 11 is 0. The maximum Gasteiger partial charge on any atom is 0.264 e. The fourth-order valence-electron chi connectivity index (χ4n) is 2.89. The second-order valence-corrected chi connectivity index (χ2v) is 7.58. The molecule has 0 spiro atoms. The van der Waals surface area contributed by atoms with Crippen LogP contribution >= 0.6 is 0 Å². The third kappa shape index (κ3) is 4.04. The number of hydrogen-bond donors (Lipinski definition) is 1. The lowest BCUT2D eigenvalue weighted by molar-refractivity contribution is 0.201. The molecule has 134 valence electrons. The molecule has 1 N–H and O–H groups in total. The highest BCUT2D eigenvalue weighted by molar-refractivity contribution is 7.92. The number of benzene rings is 2. The minimum absolute atomic E-state index is 0.104. The van der Waals surface area contributed by atoms with E-state index in [0.29, 0.717) is 11.5 Å². The van der Waals surface area contributed by atoms with Crippen molar-refractivity contribution in [2.45, 2.75) is 36.7 Å². The number of halogens is 1. The number of hydrogen-bond acceptors (Lipinski definition) is 4. The molecule has 1 saturated carbocycles. The van der Waals surface area contributed by atoms with E-state index in [9.17, 15) is 12.8 Å². The molecule has 25 heavy (non-hydrogen) atoms. The molecule has 1 aliphatic carbocycles. The Balaban J connectivity index is 1.86. The largest absolute Gasteiger partial charge is 0.493 e. The molecule has 1 fully saturated rings. The first-order valence-corrected chi connectivity index (χ1v) is 9.60. The highest BCUT2D eigenvalue weighted by Gasteiger charge is 2.21. The molecule has 5 nitrogen and oxygen atoms in total. The Labute approximate surface area is 146 Å². The maximum atomic E-state index is 13.8. The van der Waals surface area contributed by atoms with E-state index in [-0.39, 0.29) is 11.8 Å². The molecule has 0 radical (unpaired) electrons. The molecular weight excluding hydrogens is 345 g/mol. The topological polar surface area (TPSA) is 64.6 Å². The fraction of sp³-hybridized carbons (Fsp3) is 0.333. The smallest absolute Gasteiger partial charge is 0.264 e.